The Morgan fingerprint density at radius 2 is 1.39 bits per heavy atom. The first-order chi connectivity index (χ1) is 20.8. The Morgan fingerprint density at radius 1 is 0.841 bits per heavy atom. The molecule has 0 unspecified atom stereocenters. The van der Waals surface area contributed by atoms with Crippen molar-refractivity contribution >= 4 is 11.8 Å². The molecule has 44 heavy (non-hydrogen) atoms. The van der Waals surface area contributed by atoms with Crippen LogP contribution < -0.4 is 4.74 Å². The maximum atomic E-state index is 15.0. The monoisotopic (exact) mass is 627 g/mol. The molecule has 3 aromatic carbocycles. The van der Waals surface area contributed by atoms with E-state index in [-0.39, 0.29) is 35.1 Å². The lowest BCUT2D eigenvalue weighted by Crippen LogP contribution is -2.23. The molecule has 1 aliphatic carbocycles. The van der Waals surface area contributed by atoms with Crippen LogP contribution in [0, 0.1) is 52.1 Å². The first-order valence-corrected chi connectivity index (χ1v) is 13.4. The predicted octanol–water partition coefficient (Wildman–Crippen LogP) is 11.1. The minimum Gasteiger partial charge on any atom is -0.429 e. The standard InChI is InChI=1S/C29H20F9NO.C2H6.C2H4/c1-2-19(21(30)7-14-5-15(6-14)13-39)17-9-23(32)27(24(33)10-17)16-3-4-20(22(31)8-16)29(37,38)40-18-11-25(34)28(36)26(35)12-18;2*1-2/h2-4,7-15,39H,5-6H2,1H3;1-2H3;1-2H2/b19-2-,21-7+,39-13?;;. The molecule has 1 saturated carbocycles. The van der Waals surface area contributed by atoms with Crippen LogP contribution in [0.3, 0.4) is 0 Å². The highest BCUT2D eigenvalue weighted by atomic mass is 19.3. The summed E-state index contributed by atoms with van der Waals surface area (Å²) in [6, 6.07) is 3.58. The van der Waals surface area contributed by atoms with E-state index in [1.807, 2.05) is 13.8 Å². The van der Waals surface area contributed by atoms with E-state index >= 15 is 8.78 Å². The lowest BCUT2D eigenvalue weighted by atomic mass is 9.75. The average Bonchev–Trinajstić information content (AvgIpc) is 2.95. The van der Waals surface area contributed by atoms with Gasteiger partial charge in [-0.05, 0) is 79.3 Å². The Hall–Kier alpha value is -4.28. The number of benzene rings is 3. The maximum Gasteiger partial charge on any atom is 0.429 e. The molecule has 4 rings (SSSR count). The number of alkyl halides is 2. The summed E-state index contributed by atoms with van der Waals surface area (Å²) in [6.45, 7) is 11.5. The number of rotatable bonds is 8. The molecular weight excluding hydrogens is 597 g/mol. The van der Waals surface area contributed by atoms with Crippen LogP contribution in [0.4, 0.5) is 39.5 Å². The van der Waals surface area contributed by atoms with Crippen molar-refractivity contribution in [1.82, 2.24) is 0 Å². The lowest BCUT2D eigenvalue weighted by Gasteiger charge is -2.30. The van der Waals surface area contributed by atoms with Crippen molar-refractivity contribution in [2.24, 2.45) is 11.8 Å². The van der Waals surface area contributed by atoms with Crippen LogP contribution in [0.1, 0.15) is 44.7 Å². The van der Waals surface area contributed by atoms with E-state index in [0.29, 0.717) is 25.0 Å². The van der Waals surface area contributed by atoms with Crippen molar-refractivity contribution < 1.29 is 44.3 Å². The molecule has 0 spiro atoms. The Morgan fingerprint density at radius 3 is 1.86 bits per heavy atom. The number of ether oxygens (including phenoxy) is 1. The molecule has 0 radical (unpaired) electrons. The Labute approximate surface area is 249 Å². The van der Waals surface area contributed by atoms with Crippen LogP contribution in [0.15, 0.2) is 73.6 Å². The van der Waals surface area contributed by atoms with Crippen molar-refractivity contribution in [3.8, 4) is 16.9 Å². The van der Waals surface area contributed by atoms with Gasteiger partial charge in [-0.2, -0.15) is 8.78 Å². The summed E-state index contributed by atoms with van der Waals surface area (Å²) in [6.07, 6.45) is 0.577. The Balaban J connectivity index is 0.00000162. The normalized spacial score (nSPS) is 16.5. The van der Waals surface area contributed by atoms with Gasteiger partial charge in [-0.15, -0.1) is 13.2 Å². The third-order valence-electron chi connectivity index (χ3n) is 6.50. The van der Waals surface area contributed by atoms with Gasteiger partial charge in [0.2, 0.25) is 0 Å². The lowest BCUT2D eigenvalue weighted by molar-refractivity contribution is -0.187. The highest BCUT2D eigenvalue weighted by Gasteiger charge is 2.38. The van der Waals surface area contributed by atoms with E-state index in [1.165, 1.54) is 25.3 Å². The van der Waals surface area contributed by atoms with Gasteiger partial charge < -0.3 is 10.1 Å². The van der Waals surface area contributed by atoms with E-state index in [0.717, 1.165) is 18.2 Å². The number of nitrogens with one attached hydrogen (secondary N) is 1. The molecule has 0 bridgehead atoms. The van der Waals surface area contributed by atoms with Crippen LogP contribution in [-0.4, -0.2) is 6.21 Å². The van der Waals surface area contributed by atoms with Crippen molar-refractivity contribution in [1.29, 1.82) is 5.41 Å². The van der Waals surface area contributed by atoms with Gasteiger partial charge in [0.25, 0.3) is 0 Å². The third kappa shape index (κ3) is 8.00. The zero-order valence-corrected chi connectivity index (χ0v) is 24.1. The van der Waals surface area contributed by atoms with E-state index in [1.54, 1.807) is 0 Å². The zero-order chi connectivity index (χ0) is 33.4. The van der Waals surface area contributed by atoms with Gasteiger partial charge in [0.05, 0.1) is 11.1 Å². The van der Waals surface area contributed by atoms with Crippen LogP contribution in [0.2, 0.25) is 0 Å². The topological polar surface area (TPSA) is 33.1 Å². The molecular formula is C33H30F9NO. The molecule has 11 heteroatoms. The van der Waals surface area contributed by atoms with Crippen molar-refractivity contribution in [2.45, 2.75) is 39.7 Å². The Kier molecular flexibility index (Phi) is 12.6. The first-order valence-electron chi connectivity index (χ1n) is 13.4. The van der Waals surface area contributed by atoms with Gasteiger partial charge in [-0.3, -0.25) is 0 Å². The molecule has 236 valence electrons. The molecule has 0 aromatic heterocycles. The number of hydrogen-bond acceptors (Lipinski definition) is 2. The highest BCUT2D eigenvalue weighted by Crippen LogP contribution is 2.39. The molecule has 0 amide bonds. The third-order valence-corrected chi connectivity index (χ3v) is 6.50. The molecule has 3 aromatic rings. The number of halogens is 9. The predicted molar refractivity (Wildman–Crippen MR) is 153 cm³/mol. The van der Waals surface area contributed by atoms with Gasteiger partial charge in [-0.1, -0.05) is 26.0 Å². The zero-order valence-electron chi connectivity index (χ0n) is 24.1. The molecule has 1 fully saturated rings. The summed E-state index contributed by atoms with van der Waals surface area (Å²) < 4.78 is 133. The Bertz CT molecular complexity index is 1500. The van der Waals surface area contributed by atoms with Crippen LogP contribution in [-0.2, 0) is 6.11 Å². The number of allylic oxidation sites excluding steroid dienone is 4. The summed E-state index contributed by atoms with van der Waals surface area (Å²) in [4.78, 5) is 0. The fraction of sp³-hybridized carbons (Fsp3) is 0.242. The quantitative estimate of drug-likeness (QED) is 0.0871. The fourth-order valence-corrected chi connectivity index (χ4v) is 4.43. The molecule has 0 saturated heterocycles. The van der Waals surface area contributed by atoms with Crippen LogP contribution >= 0.6 is 0 Å². The van der Waals surface area contributed by atoms with Crippen molar-refractivity contribution in [3.05, 3.63) is 120 Å². The molecule has 1 aliphatic rings. The van der Waals surface area contributed by atoms with Gasteiger partial charge >= 0.3 is 6.11 Å². The minimum absolute atomic E-state index is 0.0597. The van der Waals surface area contributed by atoms with E-state index in [9.17, 15) is 30.7 Å². The first kappa shape index (κ1) is 35.9. The molecule has 2 nitrogen and oxygen atoms in total. The summed E-state index contributed by atoms with van der Waals surface area (Å²) >= 11 is 0. The minimum atomic E-state index is -4.51. The second-order valence-corrected chi connectivity index (χ2v) is 9.20. The van der Waals surface area contributed by atoms with E-state index in [4.69, 9.17) is 5.41 Å². The SMILES string of the molecule is C/C=C(\C(F)=C/C1CC(C=N)C1)c1cc(F)c(-c2ccc(C(F)(F)Oc3cc(F)c(F)c(F)c3)c(F)c2)c(F)c1.C=C.CC. The van der Waals surface area contributed by atoms with Gasteiger partial charge in [-0.25, -0.2) is 30.7 Å². The van der Waals surface area contributed by atoms with E-state index in [2.05, 4.69) is 17.9 Å². The number of hydrogen-bond donors (Lipinski definition) is 1. The van der Waals surface area contributed by atoms with Crippen molar-refractivity contribution in [3.63, 3.8) is 0 Å². The maximum absolute atomic E-state index is 15.0. The van der Waals surface area contributed by atoms with Gasteiger partial charge in [0.15, 0.2) is 17.5 Å². The highest BCUT2D eigenvalue weighted by molar-refractivity contribution is 5.79. The largest absolute Gasteiger partial charge is 0.429 e. The smallest absolute Gasteiger partial charge is 0.429 e. The molecule has 1 N–H and O–H groups in total. The van der Waals surface area contributed by atoms with Crippen LogP contribution in [0.5, 0.6) is 5.75 Å². The molecule has 0 aliphatic heterocycles. The summed E-state index contributed by atoms with van der Waals surface area (Å²) in [7, 11) is 0. The summed E-state index contributed by atoms with van der Waals surface area (Å²) in [5, 5.41) is 7.21. The van der Waals surface area contributed by atoms with Gasteiger partial charge in [0.1, 0.15) is 29.0 Å². The van der Waals surface area contributed by atoms with Crippen molar-refractivity contribution in [2.75, 3.05) is 0 Å². The molecule has 0 atom stereocenters. The fourth-order valence-electron chi connectivity index (χ4n) is 4.43. The summed E-state index contributed by atoms with van der Waals surface area (Å²) in [5.74, 6) is -11.6. The second kappa shape index (κ2) is 15.4. The van der Waals surface area contributed by atoms with Crippen LogP contribution in [0.25, 0.3) is 16.7 Å². The van der Waals surface area contributed by atoms with E-state index < -0.39 is 69.3 Å². The van der Waals surface area contributed by atoms with Gasteiger partial charge in [0, 0.05) is 17.7 Å². The molecule has 0 heterocycles. The second-order valence-electron chi connectivity index (χ2n) is 9.20. The summed E-state index contributed by atoms with van der Waals surface area (Å²) in [5.41, 5.74) is -2.90. The average molecular weight is 628 g/mol.